The third kappa shape index (κ3) is 10.2. The molecule has 21 heavy (non-hydrogen) atoms. The number of hydrogen-bond donors (Lipinski definition) is 1. The van der Waals surface area contributed by atoms with Gasteiger partial charge in [-0.1, -0.05) is 13.3 Å². The van der Waals surface area contributed by atoms with Gasteiger partial charge in [0.15, 0.2) is 0 Å². The first-order valence-corrected chi connectivity index (χ1v) is 8.39. The minimum Gasteiger partial charge on any atom is -0.379 e. The third-order valence-corrected chi connectivity index (χ3v) is 3.76. The van der Waals surface area contributed by atoms with E-state index >= 15 is 0 Å². The molecule has 5 heteroatoms. The van der Waals surface area contributed by atoms with Gasteiger partial charge in [-0.05, 0) is 32.7 Å². The van der Waals surface area contributed by atoms with E-state index in [0.29, 0.717) is 51.8 Å². The minimum absolute atomic E-state index is 0.405. The zero-order valence-corrected chi connectivity index (χ0v) is 13.8. The van der Waals surface area contributed by atoms with Gasteiger partial charge in [-0.25, -0.2) is 0 Å². The van der Waals surface area contributed by atoms with Crippen molar-refractivity contribution < 1.29 is 18.9 Å². The quantitative estimate of drug-likeness (QED) is 0.497. The molecule has 1 aliphatic rings. The monoisotopic (exact) mass is 303 g/mol. The average Bonchev–Trinajstić information content (AvgIpc) is 2.96. The fourth-order valence-corrected chi connectivity index (χ4v) is 2.42. The van der Waals surface area contributed by atoms with Crippen LogP contribution >= 0.6 is 0 Å². The van der Waals surface area contributed by atoms with Gasteiger partial charge in [0.25, 0.3) is 0 Å². The molecule has 0 saturated heterocycles. The van der Waals surface area contributed by atoms with Gasteiger partial charge in [-0.3, -0.25) is 0 Å². The summed E-state index contributed by atoms with van der Waals surface area (Å²) in [5.74, 6) is 0. The van der Waals surface area contributed by atoms with Crippen LogP contribution in [0.2, 0.25) is 0 Å². The number of nitrogens with one attached hydrogen (secondary N) is 1. The molecule has 0 bridgehead atoms. The van der Waals surface area contributed by atoms with E-state index in [1.165, 1.54) is 12.8 Å². The SMILES string of the molecule is CCCCOCCOCCOCCOC1CCC(NC)C1. The smallest absolute Gasteiger partial charge is 0.0704 e. The maximum absolute atomic E-state index is 5.79. The molecule has 0 radical (unpaired) electrons. The van der Waals surface area contributed by atoms with Crippen LogP contribution in [0.3, 0.4) is 0 Å². The van der Waals surface area contributed by atoms with Crippen molar-refractivity contribution in [1.29, 1.82) is 0 Å². The Labute approximate surface area is 129 Å². The summed E-state index contributed by atoms with van der Waals surface area (Å²) < 4.78 is 22.1. The third-order valence-electron chi connectivity index (χ3n) is 3.76. The molecular weight excluding hydrogens is 270 g/mol. The molecule has 1 fully saturated rings. The van der Waals surface area contributed by atoms with E-state index in [-0.39, 0.29) is 0 Å². The average molecular weight is 303 g/mol. The first-order chi connectivity index (χ1) is 10.4. The summed E-state index contributed by atoms with van der Waals surface area (Å²) in [6.07, 6.45) is 6.20. The molecule has 1 saturated carbocycles. The zero-order chi connectivity index (χ0) is 15.2. The van der Waals surface area contributed by atoms with Crippen molar-refractivity contribution in [1.82, 2.24) is 5.32 Å². The van der Waals surface area contributed by atoms with Gasteiger partial charge in [-0.15, -0.1) is 0 Å². The first kappa shape index (κ1) is 18.8. The summed E-state index contributed by atoms with van der Waals surface area (Å²) in [5.41, 5.74) is 0. The zero-order valence-electron chi connectivity index (χ0n) is 13.8. The lowest BCUT2D eigenvalue weighted by molar-refractivity contribution is -0.0175. The van der Waals surface area contributed by atoms with E-state index in [1.807, 2.05) is 7.05 Å². The molecule has 126 valence electrons. The molecule has 0 spiro atoms. The molecule has 1 aliphatic carbocycles. The van der Waals surface area contributed by atoms with Crippen LogP contribution in [0, 0.1) is 0 Å². The fraction of sp³-hybridized carbons (Fsp3) is 1.00. The molecule has 0 aliphatic heterocycles. The largest absolute Gasteiger partial charge is 0.379 e. The normalized spacial score (nSPS) is 22.0. The number of hydrogen-bond acceptors (Lipinski definition) is 5. The van der Waals surface area contributed by atoms with E-state index < -0.39 is 0 Å². The van der Waals surface area contributed by atoms with Crippen molar-refractivity contribution in [3.8, 4) is 0 Å². The predicted molar refractivity (Wildman–Crippen MR) is 83.8 cm³/mol. The second-order valence-corrected chi connectivity index (χ2v) is 5.48. The number of ether oxygens (including phenoxy) is 4. The second kappa shape index (κ2) is 13.5. The standard InChI is InChI=1S/C16H33NO4/c1-3-4-7-18-8-9-19-10-11-20-12-13-21-16-6-5-15(14-16)17-2/h15-17H,3-14H2,1-2H3. The van der Waals surface area contributed by atoms with Gasteiger partial charge in [0.05, 0.1) is 45.7 Å². The topological polar surface area (TPSA) is 49.0 Å². The summed E-state index contributed by atoms with van der Waals surface area (Å²) in [6, 6.07) is 0.629. The summed E-state index contributed by atoms with van der Waals surface area (Å²) >= 11 is 0. The van der Waals surface area contributed by atoms with Crippen LogP contribution in [0.5, 0.6) is 0 Å². The Morgan fingerprint density at radius 2 is 1.48 bits per heavy atom. The molecular formula is C16H33NO4. The lowest BCUT2D eigenvalue weighted by Crippen LogP contribution is -2.23. The molecule has 0 aromatic heterocycles. The van der Waals surface area contributed by atoms with Gasteiger partial charge in [0, 0.05) is 12.6 Å². The Balaban J connectivity index is 1.73. The van der Waals surface area contributed by atoms with Crippen LogP contribution < -0.4 is 5.32 Å². The lowest BCUT2D eigenvalue weighted by atomic mass is 10.2. The second-order valence-electron chi connectivity index (χ2n) is 5.48. The summed E-state index contributed by atoms with van der Waals surface area (Å²) in [7, 11) is 2.02. The van der Waals surface area contributed by atoms with E-state index in [1.54, 1.807) is 0 Å². The van der Waals surface area contributed by atoms with E-state index in [0.717, 1.165) is 25.9 Å². The van der Waals surface area contributed by atoms with E-state index in [9.17, 15) is 0 Å². The van der Waals surface area contributed by atoms with E-state index in [4.69, 9.17) is 18.9 Å². The van der Waals surface area contributed by atoms with Crippen molar-refractivity contribution >= 4 is 0 Å². The van der Waals surface area contributed by atoms with E-state index in [2.05, 4.69) is 12.2 Å². The molecule has 1 rings (SSSR count). The highest BCUT2D eigenvalue weighted by Gasteiger charge is 2.23. The van der Waals surface area contributed by atoms with Crippen LogP contribution in [0.25, 0.3) is 0 Å². The van der Waals surface area contributed by atoms with Crippen LogP contribution in [-0.4, -0.2) is 65.4 Å². The van der Waals surface area contributed by atoms with Gasteiger partial charge in [0.2, 0.25) is 0 Å². The Hall–Kier alpha value is -0.200. The maximum Gasteiger partial charge on any atom is 0.0704 e. The molecule has 5 nitrogen and oxygen atoms in total. The Morgan fingerprint density at radius 1 is 0.857 bits per heavy atom. The minimum atomic E-state index is 0.405. The van der Waals surface area contributed by atoms with Crippen LogP contribution in [0.15, 0.2) is 0 Å². The van der Waals surface area contributed by atoms with Gasteiger partial charge in [0.1, 0.15) is 0 Å². The van der Waals surface area contributed by atoms with Crippen molar-refractivity contribution in [2.24, 2.45) is 0 Å². The highest BCUT2D eigenvalue weighted by molar-refractivity contribution is 4.79. The molecule has 0 aromatic rings. The highest BCUT2D eigenvalue weighted by Crippen LogP contribution is 2.21. The lowest BCUT2D eigenvalue weighted by Gasteiger charge is -2.12. The van der Waals surface area contributed by atoms with Gasteiger partial charge in [-0.2, -0.15) is 0 Å². The molecule has 2 unspecified atom stereocenters. The molecule has 2 atom stereocenters. The van der Waals surface area contributed by atoms with Crippen molar-refractivity contribution in [3.63, 3.8) is 0 Å². The first-order valence-electron chi connectivity index (χ1n) is 8.39. The predicted octanol–water partition coefficient (Wildman–Crippen LogP) is 1.99. The van der Waals surface area contributed by atoms with Gasteiger partial charge >= 0.3 is 0 Å². The summed E-state index contributed by atoms with van der Waals surface area (Å²) in [5, 5.41) is 3.30. The molecule has 0 amide bonds. The Bertz CT molecular complexity index is 228. The molecule has 1 N–H and O–H groups in total. The number of unbranched alkanes of at least 4 members (excludes halogenated alkanes) is 1. The van der Waals surface area contributed by atoms with Crippen molar-refractivity contribution in [2.45, 2.75) is 51.2 Å². The highest BCUT2D eigenvalue weighted by atomic mass is 16.6. The molecule has 0 heterocycles. The Kier molecular flexibility index (Phi) is 12.1. The van der Waals surface area contributed by atoms with Gasteiger partial charge < -0.3 is 24.3 Å². The summed E-state index contributed by atoms with van der Waals surface area (Å²) in [6.45, 7) is 6.91. The number of rotatable bonds is 14. The van der Waals surface area contributed by atoms with Crippen LogP contribution in [0.4, 0.5) is 0 Å². The fourth-order valence-electron chi connectivity index (χ4n) is 2.42. The summed E-state index contributed by atoms with van der Waals surface area (Å²) in [4.78, 5) is 0. The Morgan fingerprint density at radius 3 is 2.05 bits per heavy atom. The maximum atomic E-state index is 5.79. The van der Waals surface area contributed by atoms with Crippen molar-refractivity contribution in [3.05, 3.63) is 0 Å². The van der Waals surface area contributed by atoms with Crippen molar-refractivity contribution in [2.75, 3.05) is 53.3 Å². The van der Waals surface area contributed by atoms with Crippen LogP contribution in [0.1, 0.15) is 39.0 Å². The van der Waals surface area contributed by atoms with Crippen LogP contribution in [-0.2, 0) is 18.9 Å². The molecule has 0 aromatic carbocycles.